The van der Waals surface area contributed by atoms with E-state index in [2.05, 4.69) is 10.3 Å². The summed E-state index contributed by atoms with van der Waals surface area (Å²) in [6.45, 7) is 2.10. The fourth-order valence-electron chi connectivity index (χ4n) is 2.63. The van der Waals surface area contributed by atoms with Crippen molar-refractivity contribution in [2.24, 2.45) is 5.92 Å². The average Bonchev–Trinajstić information content (AvgIpc) is 2.68. The third kappa shape index (κ3) is 3.87. The van der Waals surface area contributed by atoms with Gasteiger partial charge in [0, 0.05) is 29.1 Å². The summed E-state index contributed by atoms with van der Waals surface area (Å²) in [7, 11) is 0. The van der Waals surface area contributed by atoms with Crippen LogP contribution in [0.5, 0.6) is 0 Å². The Morgan fingerprint density at radius 1 is 1.53 bits per heavy atom. The number of H-pyrrole nitrogens is 1. The molecule has 1 heterocycles. The van der Waals surface area contributed by atoms with Crippen LogP contribution in [-0.2, 0) is 11.2 Å². The summed E-state index contributed by atoms with van der Waals surface area (Å²) in [6, 6.07) is 0.124. The van der Waals surface area contributed by atoms with Crippen LogP contribution in [0.15, 0.2) is 0 Å². The van der Waals surface area contributed by atoms with Crippen LogP contribution in [0.4, 0.5) is 0 Å². The van der Waals surface area contributed by atoms with Crippen molar-refractivity contribution < 1.29 is 9.90 Å². The fourth-order valence-corrected chi connectivity index (χ4v) is 3.92. The lowest BCUT2D eigenvalue weighted by Crippen LogP contribution is -2.44. The number of hydrogen-bond donors (Lipinski definition) is 3. The van der Waals surface area contributed by atoms with E-state index in [1.807, 2.05) is 6.92 Å². The van der Waals surface area contributed by atoms with E-state index in [1.165, 1.54) is 11.3 Å². The van der Waals surface area contributed by atoms with Gasteiger partial charge in [0.25, 0.3) is 0 Å². The average molecular weight is 300 g/mol. The molecule has 1 amide bonds. The Labute approximate surface area is 122 Å². The van der Waals surface area contributed by atoms with Crippen LogP contribution in [0.3, 0.4) is 0 Å². The van der Waals surface area contributed by atoms with Crippen LogP contribution < -0.4 is 5.32 Å². The number of thiazole rings is 1. The zero-order valence-corrected chi connectivity index (χ0v) is 12.7. The molecular weight excluding hydrogens is 280 g/mol. The maximum absolute atomic E-state index is 12.1. The minimum Gasteiger partial charge on any atom is -0.396 e. The van der Waals surface area contributed by atoms with Gasteiger partial charge in [-0.15, -0.1) is 11.3 Å². The topological polar surface area (TPSA) is 65.1 Å². The second-order valence-corrected chi connectivity index (χ2v) is 6.91. The lowest BCUT2D eigenvalue weighted by atomic mass is 9.85. The minimum absolute atomic E-state index is 0.0266. The van der Waals surface area contributed by atoms with Gasteiger partial charge < -0.3 is 15.4 Å². The second kappa shape index (κ2) is 6.63. The Balaban J connectivity index is 1.93. The predicted molar refractivity (Wildman–Crippen MR) is 78.9 cm³/mol. The van der Waals surface area contributed by atoms with Gasteiger partial charge in [-0.3, -0.25) is 4.79 Å². The Morgan fingerprint density at radius 2 is 2.26 bits per heavy atom. The highest BCUT2D eigenvalue weighted by atomic mass is 32.1. The maximum Gasteiger partial charge on any atom is 0.225 e. The third-order valence-corrected chi connectivity index (χ3v) is 5.07. The molecule has 1 aliphatic carbocycles. The smallest absolute Gasteiger partial charge is 0.225 e. The highest BCUT2D eigenvalue weighted by molar-refractivity contribution is 7.73. The lowest BCUT2D eigenvalue weighted by Gasteiger charge is -2.30. The Hall–Kier alpha value is -0.720. The van der Waals surface area contributed by atoms with Crippen molar-refractivity contribution in [3.8, 4) is 0 Å². The Kier molecular flexibility index (Phi) is 5.13. The summed E-state index contributed by atoms with van der Waals surface area (Å²) in [4.78, 5) is 16.1. The van der Waals surface area contributed by atoms with Crippen LogP contribution in [0, 0.1) is 16.8 Å². The Morgan fingerprint density at radius 3 is 2.89 bits per heavy atom. The van der Waals surface area contributed by atoms with E-state index >= 15 is 0 Å². The van der Waals surface area contributed by atoms with E-state index < -0.39 is 0 Å². The molecule has 3 N–H and O–H groups in total. The molecule has 2 unspecified atom stereocenters. The number of aryl methyl sites for hydroxylation is 1. The predicted octanol–water partition coefficient (Wildman–Crippen LogP) is 2.32. The number of nitrogens with one attached hydrogen (secondary N) is 2. The van der Waals surface area contributed by atoms with Crippen molar-refractivity contribution in [2.75, 3.05) is 6.61 Å². The molecule has 1 saturated carbocycles. The van der Waals surface area contributed by atoms with Gasteiger partial charge in [-0.1, -0.05) is 12.8 Å². The quantitative estimate of drug-likeness (QED) is 0.748. The Bertz CT molecular complexity index is 495. The van der Waals surface area contributed by atoms with Crippen molar-refractivity contribution in [3.63, 3.8) is 0 Å². The molecule has 0 saturated heterocycles. The molecule has 0 aliphatic heterocycles. The van der Waals surface area contributed by atoms with Crippen molar-refractivity contribution in [1.29, 1.82) is 0 Å². The molecular formula is C13H20N2O2S2. The molecule has 2 rings (SSSR count). The van der Waals surface area contributed by atoms with Gasteiger partial charge in [0.05, 0.1) is 6.42 Å². The minimum atomic E-state index is 0.0266. The molecule has 1 fully saturated rings. The fraction of sp³-hybridized carbons (Fsp3) is 0.692. The van der Waals surface area contributed by atoms with Crippen molar-refractivity contribution >= 4 is 29.5 Å². The summed E-state index contributed by atoms with van der Waals surface area (Å²) in [5, 5.41) is 12.4. The van der Waals surface area contributed by atoms with Gasteiger partial charge in [0.2, 0.25) is 5.91 Å². The molecule has 4 nitrogen and oxygen atoms in total. The molecule has 0 radical (unpaired) electrons. The lowest BCUT2D eigenvalue weighted by molar-refractivity contribution is -0.121. The first-order valence-corrected chi connectivity index (χ1v) is 7.91. The largest absolute Gasteiger partial charge is 0.396 e. The maximum atomic E-state index is 12.1. The first kappa shape index (κ1) is 14.7. The van der Waals surface area contributed by atoms with Crippen molar-refractivity contribution in [1.82, 2.24) is 10.3 Å². The number of rotatable bonds is 4. The number of aromatic nitrogens is 1. The number of aromatic amines is 1. The molecule has 1 aromatic rings. The summed E-state index contributed by atoms with van der Waals surface area (Å²) in [6.07, 6.45) is 4.63. The van der Waals surface area contributed by atoms with E-state index in [4.69, 9.17) is 12.2 Å². The van der Waals surface area contributed by atoms with Gasteiger partial charge in [-0.2, -0.15) is 0 Å². The summed E-state index contributed by atoms with van der Waals surface area (Å²) in [5.74, 6) is 0.238. The van der Waals surface area contributed by atoms with Crippen LogP contribution in [-0.4, -0.2) is 28.6 Å². The summed E-state index contributed by atoms with van der Waals surface area (Å²) >= 11 is 6.53. The molecule has 106 valence electrons. The molecule has 19 heavy (non-hydrogen) atoms. The monoisotopic (exact) mass is 300 g/mol. The van der Waals surface area contributed by atoms with Crippen molar-refractivity contribution in [3.05, 3.63) is 14.5 Å². The number of amides is 1. The molecule has 1 aliphatic rings. The van der Waals surface area contributed by atoms with E-state index in [0.717, 1.165) is 36.3 Å². The second-order valence-electron chi connectivity index (χ2n) is 5.14. The molecule has 1 aromatic heterocycles. The normalized spacial score (nSPS) is 23.3. The van der Waals surface area contributed by atoms with E-state index in [1.54, 1.807) is 0 Å². The van der Waals surface area contributed by atoms with Gasteiger partial charge in [-0.05, 0) is 32.0 Å². The SMILES string of the molecule is Cc1[nH]c(=S)sc1CC(=O)NC1CCCCC1CO. The zero-order chi connectivity index (χ0) is 13.8. The van der Waals surface area contributed by atoms with E-state index in [-0.39, 0.29) is 24.5 Å². The van der Waals surface area contributed by atoms with E-state index in [9.17, 15) is 9.90 Å². The first-order valence-electron chi connectivity index (χ1n) is 6.69. The highest BCUT2D eigenvalue weighted by Gasteiger charge is 2.25. The van der Waals surface area contributed by atoms with Crippen LogP contribution in [0.2, 0.25) is 0 Å². The number of aliphatic hydroxyl groups excluding tert-OH is 1. The standard InChI is InChI=1S/C13H20N2O2S2/c1-8-11(19-13(18)14-8)6-12(17)15-10-5-3-2-4-9(10)7-16/h9-10,16H,2-7H2,1H3,(H,14,18)(H,15,17). The van der Waals surface area contributed by atoms with Gasteiger partial charge in [0.15, 0.2) is 3.95 Å². The van der Waals surface area contributed by atoms with Gasteiger partial charge >= 0.3 is 0 Å². The number of aliphatic hydroxyl groups is 1. The molecule has 6 heteroatoms. The molecule has 2 atom stereocenters. The first-order chi connectivity index (χ1) is 9.10. The van der Waals surface area contributed by atoms with Crippen LogP contribution in [0.1, 0.15) is 36.3 Å². The molecule has 0 spiro atoms. The summed E-state index contributed by atoms with van der Waals surface area (Å²) in [5.41, 5.74) is 0.979. The van der Waals surface area contributed by atoms with Gasteiger partial charge in [-0.25, -0.2) is 0 Å². The molecule has 0 bridgehead atoms. The molecule has 0 aromatic carbocycles. The summed E-state index contributed by atoms with van der Waals surface area (Å²) < 4.78 is 0.714. The highest BCUT2D eigenvalue weighted by Crippen LogP contribution is 2.24. The zero-order valence-electron chi connectivity index (χ0n) is 11.1. The van der Waals surface area contributed by atoms with Crippen LogP contribution >= 0.6 is 23.6 Å². The van der Waals surface area contributed by atoms with Crippen molar-refractivity contribution in [2.45, 2.75) is 45.1 Å². The van der Waals surface area contributed by atoms with E-state index in [0.29, 0.717) is 10.4 Å². The third-order valence-electron chi connectivity index (χ3n) is 3.73. The number of carbonyl (C=O) groups is 1. The van der Waals surface area contributed by atoms with Crippen LogP contribution in [0.25, 0.3) is 0 Å². The van der Waals surface area contributed by atoms with Gasteiger partial charge in [0.1, 0.15) is 0 Å². The number of hydrogen-bond acceptors (Lipinski definition) is 4. The number of carbonyl (C=O) groups excluding carboxylic acids is 1.